The molecule has 0 aromatic heterocycles. The van der Waals surface area contributed by atoms with Gasteiger partial charge >= 0.3 is 6.18 Å². The van der Waals surface area contributed by atoms with Crippen molar-refractivity contribution in [3.63, 3.8) is 0 Å². The summed E-state index contributed by atoms with van der Waals surface area (Å²) in [6.07, 6.45) is -4.48. The first-order valence-corrected chi connectivity index (χ1v) is 10.4. The molecule has 0 radical (unpaired) electrons. The highest BCUT2D eigenvalue weighted by Crippen LogP contribution is 2.33. The van der Waals surface area contributed by atoms with Crippen LogP contribution in [0.15, 0.2) is 66.7 Å². The number of para-hydroxylation sites is 2. The van der Waals surface area contributed by atoms with Gasteiger partial charge < -0.3 is 20.7 Å². The highest BCUT2D eigenvalue weighted by Gasteiger charge is 2.32. The summed E-state index contributed by atoms with van der Waals surface area (Å²) in [5, 5.41) is 8.22. The number of ether oxygens (including phenoxy) is 1. The van der Waals surface area contributed by atoms with Crippen molar-refractivity contribution in [3.05, 3.63) is 83.4 Å². The Morgan fingerprint density at radius 2 is 1.56 bits per heavy atom. The lowest BCUT2D eigenvalue weighted by Gasteiger charge is -2.18. The molecule has 0 spiro atoms. The van der Waals surface area contributed by atoms with Crippen molar-refractivity contribution < 1.29 is 27.5 Å². The first-order chi connectivity index (χ1) is 16.1. The molecule has 1 atom stereocenters. The zero-order valence-corrected chi connectivity index (χ0v) is 18.8. The lowest BCUT2D eigenvalue weighted by molar-refractivity contribution is -0.138. The number of rotatable bonds is 7. The monoisotopic (exact) mass is 471 g/mol. The lowest BCUT2D eigenvalue weighted by Crippen LogP contribution is -2.32. The quantitative estimate of drug-likeness (QED) is 0.412. The third-order valence-electron chi connectivity index (χ3n) is 5.09. The molecule has 1 unspecified atom stereocenters. The molecule has 2 amide bonds. The maximum Gasteiger partial charge on any atom is 0.416 e. The van der Waals surface area contributed by atoms with Crippen molar-refractivity contribution in [2.45, 2.75) is 26.1 Å². The number of hydrogen-bond acceptors (Lipinski definition) is 4. The van der Waals surface area contributed by atoms with Gasteiger partial charge in [0, 0.05) is 16.9 Å². The van der Waals surface area contributed by atoms with Gasteiger partial charge in [-0.2, -0.15) is 13.2 Å². The minimum atomic E-state index is -4.48. The Morgan fingerprint density at radius 3 is 2.21 bits per heavy atom. The number of halogens is 3. The van der Waals surface area contributed by atoms with Gasteiger partial charge in [0.15, 0.2) is 0 Å². The van der Waals surface area contributed by atoms with E-state index in [9.17, 15) is 22.8 Å². The number of alkyl halides is 3. The molecular formula is C25H24F3N3O3. The molecule has 3 aromatic rings. The predicted molar refractivity (Wildman–Crippen MR) is 125 cm³/mol. The van der Waals surface area contributed by atoms with E-state index in [4.69, 9.17) is 4.74 Å². The SMILES string of the molecule is COc1ccccc1NC(=O)c1ccc(NC(=O)C(C)Nc2ccc(C)c(C(F)(F)F)c2)cc1. The second-order valence-electron chi connectivity index (χ2n) is 7.61. The number of carbonyl (C=O) groups is 2. The normalized spacial score (nSPS) is 11.9. The summed E-state index contributed by atoms with van der Waals surface area (Å²) in [6.45, 7) is 2.92. The molecule has 3 rings (SSSR count). The van der Waals surface area contributed by atoms with Crippen molar-refractivity contribution in [1.82, 2.24) is 0 Å². The van der Waals surface area contributed by atoms with Crippen LogP contribution in [0.2, 0.25) is 0 Å². The van der Waals surface area contributed by atoms with E-state index < -0.39 is 23.7 Å². The van der Waals surface area contributed by atoms with E-state index in [0.717, 1.165) is 6.07 Å². The number of hydrogen-bond donors (Lipinski definition) is 3. The first-order valence-electron chi connectivity index (χ1n) is 10.4. The fourth-order valence-electron chi connectivity index (χ4n) is 3.23. The van der Waals surface area contributed by atoms with E-state index in [0.29, 0.717) is 22.7 Å². The zero-order chi connectivity index (χ0) is 24.9. The van der Waals surface area contributed by atoms with Gasteiger partial charge in [-0.1, -0.05) is 18.2 Å². The summed E-state index contributed by atoms with van der Waals surface area (Å²) >= 11 is 0. The van der Waals surface area contributed by atoms with Crippen LogP contribution < -0.4 is 20.7 Å². The topological polar surface area (TPSA) is 79.5 Å². The maximum absolute atomic E-state index is 13.1. The van der Waals surface area contributed by atoms with Crippen molar-refractivity contribution in [2.24, 2.45) is 0 Å². The van der Waals surface area contributed by atoms with Gasteiger partial charge in [0.2, 0.25) is 5.91 Å². The molecule has 178 valence electrons. The lowest BCUT2D eigenvalue weighted by atomic mass is 10.1. The summed E-state index contributed by atoms with van der Waals surface area (Å²) in [5.41, 5.74) is 0.861. The van der Waals surface area contributed by atoms with Crippen LogP contribution in [0.25, 0.3) is 0 Å². The van der Waals surface area contributed by atoms with Crippen molar-refractivity contribution in [2.75, 3.05) is 23.1 Å². The largest absolute Gasteiger partial charge is 0.495 e. The molecule has 0 saturated heterocycles. The van der Waals surface area contributed by atoms with Crippen molar-refractivity contribution in [3.8, 4) is 5.75 Å². The average molecular weight is 471 g/mol. The Balaban J connectivity index is 1.61. The van der Waals surface area contributed by atoms with Crippen LogP contribution in [0.1, 0.15) is 28.4 Å². The predicted octanol–water partition coefficient (Wildman–Crippen LogP) is 5.71. The highest BCUT2D eigenvalue weighted by molar-refractivity contribution is 6.05. The van der Waals surface area contributed by atoms with E-state index in [1.54, 1.807) is 48.5 Å². The second kappa shape index (κ2) is 10.3. The highest BCUT2D eigenvalue weighted by atomic mass is 19.4. The molecule has 3 N–H and O–H groups in total. The zero-order valence-electron chi connectivity index (χ0n) is 18.8. The molecule has 3 aromatic carbocycles. The van der Waals surface area contributed by atoms with Crippen LogP contribution in [0.4, 0.5) is 30.2 Å². The van der Waals surface area contributed by atoms with Gasteiger partial charge in [0.05, 0.1) is 18.4 Å². The standard InChI is InChI=1S/C25H24F3N3O3/c1-15-8-11-19(14-20(15)25(26,27)28)29-16(2)23(32)30-18-12-9-17(10-13-18)24(33)31-21-6-4-5-7-22(21)34-3/h4-14,16,29H,1-3H3,(H,30,32)(H,31,33). The number of aryl methyl sites for hydroxylation is 1. The van der Waals surface area contributed by atoms with Crippen LogP contribution in [-0.2, 0) is 11.0 Å². The van der Waals surface area contributed by atoms with Gasteiger partial charge in [0.25, 0.3) is 5.91 Å². The Kier molecular flexibility index (Phi) is 7.45. The summed E-state index contributed by atoms with van der Waals surface area (Å²) in [4.78, 5) is 25.0. The molecule has 0 aliphatic rings. The minimum Gasteiger partial charge on any atom is -0.495 e. The number of methoxy groups -OCH3 is 1. The Bertz CT molecular complexity index is 1180. The molecule has 6 nitrogen and oxygen atoms in total. The van der Waals surface area contributed by atoms with Gasteiger partial charge in [0.1, 0.15) is 11.8 Å². The number of amides is 2. The van der Waals surface area contributed by atoms with Crippen LogP contribution in [0.3, 0.4) is 0 Å². The first kappa shape index (κ1) is 24.6. The number of benzene rings is 3. The molecule has 34 heavy (non-hydrogen) atoms. The minimum absolute atomic E-state index is 0.102. The summed E-state index contributed by atoms with van der Waals surface area (Å²) < 4.78 is 44.6. The van der Waals surface area contributed by atoms with Crippen LogP contribution in [-0.4, -0.2) is 25.0 Å². The molecule has 0 aliphatic carbocycles. The van der Waals surface area contributed by atoms with Gasteiger partial charge in [-0.25, -0.2) is 0 Å². The fourth-order valence-corrected chi connectivity index (χ4v) is 3.23. The molecule has 0 heterocycles. The Morgan fingerprint density at radius 1 is 0.912 bits per heavy atom. The van der Waals surface area contributed by atoms with Crippen LogP contribution >= 0.6 is 0 Å². The molecular weight excluding hydrogens is 447 g/mol. The van der Waals surface area contributed by atoms with E-state index in [1.807, 2.05) is 0 Å². The van der Waals surface area contributed by atoms with Gasteiger partial charge in [-0.15, -0.1) is 0 Å². The van der Waals surface area contributed by atoms with Crippen molar-refractivity contribution in [1.29, 1.82) is 0 Å². The van der Waals surface area contributed by atoms with Gasteiger partial charge in [-0.3, -0.25) is 9.59 Å². The molecule has 0 aliphatic heterocycles. The number of nitrogens with one attached hydrogen (secondary N) is 3. The summed E-state index contributed by atoms with van der Waals surface area (Å²) in [6, 6.07) is 16.2. The number of anilines is 3. The Hall–Kier alpha value is -4.01. The second-order valence-corrected chi connectivity index (χ2v) is 7.61. The molecule has 9 heteroatoms. The smallest absolute Gasteiger partial charge is 0.416 e. The third kappa shape index (κ3) is 6.06. The van der Waals surface area contributed by atoms with E-state index in [2.05, 4.69) is 16.0 Å². The molecule has 0 bridgehead atoms. The van der Waals surface area contributed by atoms with E-state index in [1.165, 1.54) is 33.1 Å². The maximum atomic E-state index is 13.1. The van der Waals surface area contributed by atoms with Crippen LogP contribution in [0, 0.1) is 6.92 Å². The average Bonchev–Trinajstić information content (AvgIpc) is 2.80. The molecule has 0 fully saturated rings. The van der Waals surface area contributed by atoms with Crippen molar-refractivity contribution >= 4 is 28.9 Å². The van der Waals surface area contributed by atoms with Crippen LogP contribution in [0.5, 0.6) is 5.75 Å². The Labute approximate surface area is 195 Å². The number of carbonyl (C=O) groups excluding carboxylic acids is 2. The van der Waals surface area contributed by atoms with Gasteiger partial charge in [-0.05, 0) is 67.9 Å². The summed E-state index contributed by atoms with van der Waals surface area (Å²) in [7, 11) is 1.51. The fraction of sp³-hybridized carbons (Fsp3) is 0.200. The molecule has 0 saturated carbocycles. The third-order valence-corrected chi connectivity index (χ3v) is 5.09. The summed E-state index contributed by atoms with van der Waals surface area (Å²) in [5.74, 6) is -0.269. The van der Waals surface area contributed by atoms with E-state index >= 15 is 0 Å². The van der Waals surface area contributed by atoms with E-state index in [-0.39, 0.29) is 17.2 Å².